The zero-order chi connectivity index (χ0) is 16.7. The molecule has 0 aliphatic heterocycles. The molecule has 1 N–H and O–H groups in total. The predicted octanol–water partition coefficient (Wildman–Crippen LogP) is 1.87. The SMILES string of the molecule is CNC(=O)[C@@H](C)CN(C)c1cncc(OCc2ccccc2)n1. The van der Waals surface area contributed by atoms with Crippen LogP contribution in [0.25, 0.3) is 0 Å². The fraction of sp³-hybridized carbons (Fsp3) is 0.353. The Kier molecular flexibility index (Phi) is 5.91. The zero-order valence-corrected chi connectivity index (χ0v) is 13.7. The van der Waals surface area contributed by atoms with Gasteiger partial charge in [0.15, 0.2) is 5.82 Å². The highest BCUT2D eigenvalue weighted by Gasteiger charge is 2.15. The molecule has 0 saturated heterocycles. The summed E-state index contributed by atoms with van der Waals surface area (Å²) in [4.78, 5) is 22.1. The van der Waals surface area contributed by atoms with Gasteiger partial charge in [0.1, 0.15) is 6.61 Å². The van der Waals surface area contributed by atoms with Crippen molar-refractivity contribution >= 4 is 11.7 Å². The van der Waals surface area contributed by atoms with Crippen LogP contribution in [0.3, 0.4) is 0 Å². The molecule has 0 bridgehead atoms. The van der Waals surface area contributed by atoms with E-state index in [1.54, 1.807) is 19.4 Å². The van der Waals surface area contributed by atoms with E-state index in [9.17, 15) is 4.79 Å². The number of rotatable bonds is 7. The maximum Gasteiger partial charge on any atom is 0.234 e. The molecule has 1 heterocycles. The van der Waals surface area contributed by atoms with E-state index in [0.717, 1.165) is 5.56 Å². The van der Waals surface area contributed by atoms with Crippen LogP contribution in [-0.4, -0.2) is 36.5 Å². The number of hydrogen-bond acceptors (Lipinski definition) is 5. The topological polar surface area (TPSA) is 67.4 Å². The Morgan fingerprint density at radius 1 is 1.30 bits per heavy atom. The number of nitrogens with one attached hydrogen (secondary N) is 1. The van der Waals surface area contributed by atoms with Crippen molar-refractivity contribution in [1.82, 2.24) is 15.3 Å². The van der Waals surface area contributed by atoms with E-state index < -0.39 is 0 Å². The molecular formula is C17H22N4O2. The summed E-state index contributed by atoms with van der Waals surface area (Å²) in [6.45, 7) is 2.87. The molecule has 1 aromatic heterocycles. The fourth-order valence-corrected chi connectivity index (χ4v) is 2.16. The first-order valence-electron chi connectivity index (χ1n) is 7.51. The van der Waals surface area contributed by atoms with E-state index in [4.69, 9.17) is 4.74 Å². The van der Waals surface area contributed by atoms with Crippen LogP contribution in [0.5, 0.6) is 5.88 Å². The third-order valence-corrected chi connectivity index (χ3v) is 3.46. The average molecular weight is 314 g/mol. The van der Waals surface area contributed by atoms with Gasteiger partial charge in [-0.25, -0.2) is 0 Å². The largest absolute Gasteiger partial charge is 0.472 e. The minimum atomic E-state index is -0.138. The summed E-state index contributed by atoms with van der Waals surface area (Å²) >= 11 is 0. The third kappa shape index (κ3) is 4.95. The predicted molar refractivity (Wildman–Crippen MR) is 89.3 cm³/mol. The summed E-state index contributed by atoms with van der Waals surface area (Å²) in [6, 6.07) is 9.89. The first-order valence-corrected chi connectivity index (χ1v) is 7.51. The lowest BCUT2D eigenvalue weighted by molar-refractivity contribution is -0.123. The summed E-state index contributed by atoms with van der Waals surface area (Å²) in [7, 11) is 3.51. The van der Waals surface area contributed by atoms with Crippen LogP contribution in [0, 0.1) is 5.92 Å². The number of nitrogens with zero attached hydrogens (tertiary/aromatic N) is 3. The highest BCUT2D eigenvalue weighted by Crippen LogP contribution is 2.15. The monoisotopic (exact) mass is 314 g/mol. The lowest BCUT2D eigenvalue weighted by atomic mass is 10.1. The second-order valence-electron chi connectivity index (χ2n) is 5.39. The van der Waals surface area contributed by atoms with Gasteiger partial charge in [-0.1, -0.05) is 37.3 Å². The Balaban J connectivity index is 1.97. The van der Waals surface area contributed by atoms with E-state index in [1.807, 2.05) is 49.2 Å². The Hall–Kier alpha value is -2.63. The molecule has 6 heteroatoms. The molecule has 1 amide bonds. The zero-order valence-electron chi connectivity index (χ0n) is 13.7. The minimum Gasteiger partial charge on any atom is -0.472 e. The minimum absolute atomic E-state index is 0.00120. The van der Waals surface area contributed by atoms with Gasteiger partial charge in [-0.05, 0) is 5.56 Å². The van der Waals surface area contributed by atoms with Gasteiger partial charge in [-0.2, -0.15) is 4.98 Å². The van der Waals surface area contributed by atoms with Crippen molar-refractivity contribution < 1.29 is 9.53 Å². The number of hydrogen-bond donors (Lipinski definition) is 1. The van der Waals surface area contributed by atoms with E-state index in [0.29, 0.717) is 24.8 Å². The Morgan fingerprint density at radius 2 is 2.04 bits per heavy atom. The molecule has 0 saturated carbocycles. The molecule has 6 nitrogen and oxygen atoms in total. The second kappa shape index (κ2) is 8.12. The van der Waals surface area contributed by atoms with Crippen molar-refractivity contribution in [3.63, 3.8) is 0 Å². The van der Waals surface area contributed by atoms with Gasteiger partial charge >= 0.3 is 0 Å². The van der Waals surface area contributed by atoms with Gasteiger partial charge in [-0.3, -0.25) is 9.78 Å². The average Bonchev–Trinajstić information content (AvgIpc) is 2.60. The van der Waals surface area contributed by atoms with Gasteiger partial charge in [0, 0.05) is 20.6 Å². The highest BCUT2D eigenvalue weighted by molar-refractivity contribution is 5.78. The van der Waals surface area contributed by atoms with E-state index >= 15 is 0 Å². The molecule has 0 radical (unpaired) electrons. The summed E-state index contributed by atoms with van der Waals surface area (Å²) < 4.78 is 5.68. The van der Waals surface area contributed by atoms with Gasteiger partial charge in [0.2, 0.25) is 11.8 Å². The maximum absolute atomic E-state index is 11.6. The summed E-state index contributed by atoms with van der Waals surface area (Å²) in [5.41, 5.74) is 1.07. The van der Waals surface area contributed by atoms with E-state index in [-0.39, 0.29) is 11.8 Å². The summed E-state index contributed by atoms with van der Waals surface area (Å²) in [6.07, 6.45) is 3.24. The van der Waals surface area contributed by atoms with Crippen LogP contribution < -0.4 is 15.0 Å². The van der Waals surface area contributed by atoms with Gasteiger partial charge < -0.3 is 15.0 Å². The van der Waals surface area contributed by atoms with Gasteiger partial charge in [0.25, 0.3) is 0 Å². The molecular weight excluding hydrogens is 292 g/mol. The molecule has 0 aliphatic carbocycles. The summed E-state index contributed by atoms with van der Waals surface area (Å²) in [5, 5.41) is 2.65. The fourth-order valence-electron chi connectivity index (χ4n) is 2.16. The van der Waals surface area contributed by atoms with Crippen molar-refractivity contribution in [2.24, 2.45) is 5.92 Å². The molecule has 0 fully saturated rings. The number of anilines is 1. The molecule has 122 valence electrons. The van der Waals surface area contributed by atoms with Gasteiger partial charge in [-0.15, -0.1) is 0 Å². The Labute approximate surface area is 136 Å². The maximum atomic E-state index is 11.6. The molecule has 0 spiro atoms. The molecule has 2 aromatic rings. The molecule has 23 heavy (non-hydrogen) atoms. The standard InChI is InChI=1S/C17H22N4O2/c1-13(17(22)18-2)11-21(3)15-9-19-10-16(20-15)23-12-14-7-5-4-6-8-14/h4-10,13H,11-12H2,1-3H3,(H,18,22)/t13-/m0/s1. The van der Waals surface area contributed by atoms with Gasteiger partial charge in [0.05, 0.1) is 18.3 Å². The van der Waals surface area contributed by atoms with E-state index in [1.165, 1.54) is 0 Å². The normalized spacial score (nSPS) is 11.6. The van der Waals surface area contributed by atoms with Crippen molar-refractivity contribution in [1.29, 1.82) is 0 Å². The smallest absolute Gasteiger partial charge is 0.234 e. The molecule has 1 aromatic carbocycles. The first kappa shape index (κ1) is 16.7. The second-order valence-corrected chi connectivity index (χ2v) is 5.39. The molecule has 2 rings (SSSR count). The highest BCUT2D eigenvalue weighted by atomic mass is 16.5. The lowest BCUT2D eigenvalue weighted by Crippen LogP contribution is -2.34. The van der Waals surface area contributed by atoms with Crippen molar-refractivity contribution in [2.45, 2.75) is 13.5 Å². The summed E-state index contributed by atoms with van der Waals surface area (Å²) in [5.74, 6) is 0.999. The van der Waals surface area contributed by atoms with Crippen LogP contribution in [-0.2, 0) is 11.4 Å². The molecule has 1 atom stereocenters. The number of ether oxygens (including phenoxy) is 1. The van der Waals surface area contributed by atoms with Crippen LogP contribution in [0.1, 0.15) is 12.5 Å². The lowest BCUT2D eigenvalue weighted by Gasteiger charge is -2.21. The van der Waals surface area contributed by atoms with Crippen molar-refractivity contribution in [2.75, 3.05) is 25.5 Å². The Morgan fingerprint density at radius 3 is 2.74 bits per heavy atom. The number of benzene rings is 1. The molecule has 0 unspecified atom stereocenters. The molecule has 0 aliphatic rings. The number of aromatic nitrogens is 2. The van der Waals surface area contributed by atoms with Crippen LogP contribution in [0.15, 0.2) is 42.7 Å². The van der Waals surface area contributed by atoms with Crippen LogP contribution in [0.2, 0.25) is 0 Å². The van der Waals surface area contributed by atoms with Crippen molar-refractivity contribution in [3.8, 4) is 5.88 Å². The number of amides is 1. The first-order chi connectivity index (χ1) is 11.1. The Bertz CT molecular complexity index is 634. The van der Waals surface area contributed by atoms with E-state index in [2.05, 4.69) is 15.3 Å². The number of carbonyl (C=O) groups is 1. The van der Waals surface area contributed by atoms with Crippen molar-refractivity contribution in [3.05, 3.63) is 48.3 Å². The quantitative estimate of drug-likeness (QED) is 0.845. The van der Waals surface area contributed by atoms with Crippen LogP contribution in [0.4, 0.5) is 5.82 Å². The third-order valence-electron chi connectivity index (χ3n) is 3.46. The number of carbonyl (C=O) groups excluding carboxylic acids is 1. The van der Waals surface area contributed by atoms with Crippen LogP contribution >= 0.6 is 0 Å².